The summed E-state index contributed by atoms with van der Waals surface area (Å²) in [4.78, 5) is 9.34. The zero-order valence-corrected chi connectivity index (χ0v) is 8.76. The van der Waals surface area contributed by atoms with Crippen molar-refractivity contribution in [3.63, 3.8) is 0 Å². The smallest absolute Gasteiger partial charge is 0.547 e. The quantitative estimate of drug-likeness (QED) is 0.425. The molecule has 0 aromatic rings. The fraction of sp³-hybridized carbons (Fsp3) is 0.667. The number of carbonyl (C=O) groups excluding carboxylic acids is 1. The first-order chi connectivity index (χ1) is 2.64. The number of aliphatic carboxylic acids is 1. The molecule has 0 radical (unpaired) electrons. The van der Waals surface area contributed by atoms with Gasteiger partial charge in [-0.3, -0.25) is 0 Å². The minimum atomic E-state index is -1.44. The van der Waals surface area contributed by atoms with Crippen molar-refractivity contribution in [1.82, 2.24) is 0 Å². The molecule has 0 aromatic heterocycles. The third-order valence-electron chi connectivity index (χ3n) is 0.341. The molecule has 9 heteroatoms. The molecule has 0 heterocycles. The van der Waals surface area contributed by atoms with Gasteiger partial charge in [0.1, 0.15) is 0 Å². The van der Waals surface area contributed by atoms with Crippen LogP contribution >= 0.6 is 0 Å². The normalized spacial score (nSPS) is 6.83. The molecule has 0 fully saturated rings. The number of carboxylic acid groups (broad SMARTS) is 1. The van der Waals surface area contributed by atoms with E-state index in [9.17, 15) is 9.90 Å². The van der Waals surface area contributed by atoms with Crippen LogP contribution in [0.5, 0.6) is 0 Å². The molecule has 0 aliphatic heterocycles. The molecular formula is C3H15CaO8+. The predicted octanol–water partition coefficient (Wildman–Crippen LogP) is -6.39. The minimum absolute atomic E-state index is 0. The van der Waals surface area contributed by atoms with Gasteiger partial charge in [0.2, 0.25) is 0 Å². The summed E-state index contributed by atoms with van der Waals surface area (Å²) in [5, 5.41) is 17.3. The second-order valence-corrected chi connectivity index (χ2v) is 0.995. The topological polar surface area (TPSA) is 218 Å². The number of hydrogen-bond donors (Lipinski definition) is 1. The van der Waals surface area contributed by atoms with Crippen LogP contribution in [0.15, 0.2) is 0 Å². The van der Waals surface area contributed by atoms with Crippen LogP contribution in [-0.4, -0.2) is 82.3 Å². The van der Waals surface area contributed by atoms with E-state index in [-0.39, 0.29) is 65.1 Å². The van der Waals surface area contributed by atoms with Crippen molar-refractivity contribution >= 4 is 43.7 Å². The number of carbonyl (C=O) groups is 1. The maximum Gasteiger partial charge on any atom is 2.00 e. The summed E-state index contributed by atoms with van der Waals surface area (Å²) in [5.41, 5.74) is 0. The zero-order chi connectivity index (χ0) is 5.15. The van der Waals surface area contributed by atoms with Gasteiger partial charge in [-0.05, 0) is 6.92 Å². The molecule has 0 aliphatic carbocycles. The molecule has 11 N–H and O–H groups in total. The summed E-state index contributed by atoms with van der Waals surface area (Å²) < 4.78 is 0. The number of aliphatic hydroxyl groups excluding tert-OH is 1. The summed E-state index contributed by atoms with van der Waals surface area (Å²) in [7, 11) is 0. The monoisotopic (exact) mass is 219 g/mol. The molecule has 8 nitrogen and oxygen atoms in total. The van der Waals surface area contributed by atoms with Crippen molar-refractivity contribution in [3.8, 4) is 0 Å². The van der Waals surface area contributed by atoms with Crippen LogP contribution in [0, 0.1) is 0 Å². The SMILES string of the molecule is CC(O)C(=O)[O-].O.O.O.O.O.[Ca+2]. The summed E-state index contributed by atoms with van der Waals surface area (Å²) in [6, 6.07) is 0. The van der Waals surface area contributed by atoms with E-state index in [0.717, 1.165) is 6.92 Å². The first-order valence-corrected chi connectivity index (χ1v) is 1.53. The summed E-state index contributed by atoms with van der Waals surface area (Å²) in [6.45, 7) is 1.13. The summed E-state index contributed by atoms with van der Waals surface area (Å²) in [6.07, 6.45) is -1.34. The Balaban J connectivity index is -0.00000000833. The van der Waals surface area contributed by atoms with Gasteiger partial charge < -0.3 is 42.4 Å². The van der Waals surface area contributed by atoms with Gasteiger partial charge in [0.25, 0.3) is 0 Å². The largest absolute Gasteiger partial charge is 2.00 e. The van der Waals surface area contributed by atoms with Gasteiger partial charge in [-0.25, -0.2) is 0 Å². The van der Waals surface area contributed by atoms with Gasteiger partial charge in [-0.15, -0.1) is 0 Å². The number of carboxylic acids is 1. The minimum Gasteiger partial charge on any atom is -0.547 e. The predicted molar refractivity (Wildman–Crippen MR) is 40.5 cm³/mol. The molecule has 0 bridgehead atoms. The van der Waals surface area contributed by atoms with Crippen LogP contribution in [0.4, 0.5) is 0 Å². The van der Waals surface area contributed by atoms with E-state index < -0.39 is 12.1 Å². The summed E-state index contributed by atoms with van der Waals surface area (Å²) in [5.74, 6) is -1.44. The Morgan fingerprint density at radius 2 is 1.25 bits per heavy atom. The maximum atomic E-state index is 9.34. The van der Waals surface area contributed by atoms with E-state index in [0.29, 0.717) is 0 Å². The van der Waals surface area contributed by atoms with Gasteiger partial charge in [-0.2, -0.15) is 0 Å². The number of rotatable bonds is 1. The Morgan fingerprint density at radius 1 is 1.17 bits per heavy atom. The molecule has 76 valence electrons. The fourth-order valence-electron chi connectivity index (χ4n) is 0. The van der Waals surface area contributed by atoms with Gasteiger partial charge in [0.05, 0.1) is 12.1 Å². The molecular weight excluding hydrogens is 204 g/mol. The Labute approximate surface area is 98.7 Å². The number of aliphatic hydroxyl groups is 1. The molecule has 0 aliphatic rings. The molecule has 1 unspecified atom stereocenters. The Kier molecular flexibility index (Phi) is 137. The van der Waals surface area contributed by atoms with Crippen molar-refractivity contribution < 1.29 is 42.4 Å². The third kappa shape index (κ3) is 46.9. The standard InChI is InChI=1S/C3H6O3.Ca.5H2O/c1-2(4)3(5)6;;;;;;/h2,4H,1H3,(H,5,6);;5*1H2/q;+2;;;;;/p-1. The average Bonchev–Trinajstić information content (AvgIpc) is 1.36. The van der Waals surface area contributed by atoms with Gasteiger partial charge in [0, 0.05) is 0 Å². The van der Waals surface area contributed by atoms with E-state index in [1.165, 1.54) is 0 Å². The van der Waals surface area contributed by atoms with Gasteiger partial charge >= 0.3 is 37.7 Å². The first kappa shape index (κ1) is 54.7. The van der Waals surface area contributed by atoms with Gasteiger partial charge in [-0.1, -0.05) is 0 Å². The molecule has 12 heavy (non-hydrogen) atoms. The van der Waals surface area contributed by atoms with E-state index in [1.807, 2.05) is 0 Å². The van der Waals surface area contributed by atoms with Crippen LogP contribution in [0.1, 0.15) is 6.92 Å². The number of hydrogen-bond acceptors (Lipinski definition) is 3. The molecule has 0 rings (SSSR count). The van der Waals surface area contributed by atoms with E-state index in [2.05, 4.69) is 0 Å². The van der Waals surface area contributed by atoms with Crippen molar-refractivity contribution in [3.05, 3.63) is 0 Å². The van der Waals surface area contributed by atoms with Crippen molar-refractivity contribution in [2.75, 3.05) is 0 Å². The molecule has 0 saturated heterocycles. The second kappa shape index (κ2) is 30.0. The Morgan fingerprint density at radius 3 is 1.25 bits per heavy atom. The van der Waals surface area contributed by atoms with Crippen LogP contribution in [0.3, 0.4) is 0 Å². The molecule has 0 saturated carbocycles. The van der Waals surface area contributed by atoms with Crippen LogP contribution in [0.25, 0.3) is 0 Å². The first-order valence-electron chi connectivity index (χ1n) is 1.53. The average molecular weight is 219 g/mol. The maximum absolute atomic E-state index is 9.34. The van der Waals surface area contributed by atoms with Crippen molar-refractivity contribution in [2.45, 2.75) is 13.0 Å². The van der Waals surface area contributed by atoms with Crippen LogP contribution < -0.4 is 5.11 Å². The molecule has 0 amide bonds. The third-order valence-corrected chi connectivity index (χ3v) is 0.341. The van der Waals surface area contributed by atoms with Crippen LogP contribution in [-0.2, 0) is 4.79 Å². The molecule has 1 atom stereocenters. The van der Waals surface area contributed by atoms with E-state index in [1.54, 1.807) is 0 Å². The summed E-state index contributed by atoms with van der Waals surface area (Å²) >= 11 is 0. The molecule has 0 aromatic carbocycles. The Hall–Kier alpha value is 0.490. The fourth-order valence-corrected chi connectivity index (χ4v) is 0. The van der Waals surface area contributed by atoms with E-state index >= 15 is 0 Å². The molecule has 0 spiro atoms. The van der Waals surface area contributed by atoms with Crippen molar-refractivity contribution in [1.29, 1.82) is 0 Å². The second-order valence-electron chi connectivity index (χ2n) is 0.995. The zero-order valence-electron chi connectivity index (χ0n) is 6.55. The van der Waals surface area contributed by atoms with E-state index in [4.69, 9.17) is 5.11 Å². The Bertz CT molecular complexity index is 65.3. The van der Waals surface area contributed by atoms with Crippen LogP contribution in [0.2, 0.25) is 0 Å². The van der Waals surface area contributed by atoms with Crippen molar-refractivity contribution in [2.24, 2.45) is 0 Å². The van der Waals surface area contributed by atoms with Gasteiger partial charge in [0.15, 0.2) is 0 Å².